The number of hydrogen-bond acceptors (Lipinski definition) is 7. The number of carbonyl (C=O) groups is 1. The van der Waals surface area contributed by atoms with Gasteiger partial charge in [-0.1, -0.05) is 12.1 Å². The number of rotatable bonds is 5. The lowest BCUT2D eigenvalue weighted by atomic mass is 10.2. The summed E-state index contributed by atoms with van der Waals surface area (Å²) in [6.45, 7) is 2.17. The second kappa shape index (κ2) is 6.78. The standard InChI is InChI=1S/C16H13N3O5/c1-2-22-13-8-17-16(24-13)15(21)19-18-7-10-9-23-12-6-4-3-5-11(12)14(10)20/h3-9H,2H2,1H3,(H,19,21)/b18-7+. The first-order valence-electron chi connectivity index (χ1n) is 7.11. The number of oxazole rings is 1. The fourth-order valence-electron chi connectivity index (χ4n) is 1.96. The van der Waals surface area contributed by atoms with Crippen LogP contribution in [0, 0.1) is 0 Å². The highest BCUT2D eigenvalue weighted by Gasteiger charge is 2.13. The van der Waals surface area contributed by atoms with Crippen molar-refractivity contribution < 1.29 is 18.4 Å². The summed E-state index contributed by atoms with van der Waals surface area (Å²) in [5.74, 6) is -0.717. The number of benzene rings is 1. The van der Waals surface area contributed by atoms with Crippen molar-refractivity contribution in [2.24, 2.45) is 5.10 Å². The van der Waals surface area contributed by atoms with E-state index in [1.165, 1.54) is 18.7 Å². The van der Waals surface area contributed by atoms with Gasteiger partial charge in [-0.2, -0.15) is 5.10 Å². The number of hydrazone groups is 1. The average molecular weight is 327 g/mol. The third kappa shape index (κ3) is 3.17. The Hall–Kier alpha value is -3.42. The number of nitrogens with one attached hydrogen (secondary N) is 1. The zero-order valence-corrected chi connectivity index (χ0v) is 12.7. The van der Waals surface area contributed by atoms with Crippen LogP contribution in [0.5, 0.6) is 5.95 Å². The van der Waals surface area contributed by atoms with Gasteiger partial charge in [-0.15, -0.1) is 0 Å². The first-order valence-corrected chi connectivity index (χ1v) is 7.11. The van der Waals surface area contributed by atoms with Gasteiger partial charge < -0.3 is 13.6 Å². The van der Waals surface area contributed by atoms with Crippen molar-refractivity contribution in [2.75, 3.05) is 6.61 Å². The number of carbonyl (C=O) groups excluding carboxylic acids is 1. The van der Waals surface area contributed by atoms with Crippen molar-refractivity contribution in [3.05, 3.63) is 58.4 Å². The van der Waals surface area contributed by atoms with Crippen LogP contribution in [0.1, 0.15) is 23.2 Å². The van der Waals surface area contributed by atoms with Crippen molar-refractivity contribution in [1.29, 1.82) is 0 Å². The monoisotopic (exact) mass is 327 g/mol. The van der Waals surface area contributed by atoms with E-state index < -0.39 is 5.91 Å². The number of para-hydroxylation sites is 1. The highest BCUT2D eigenvalue weighted by molar-refractivity contribution is 5.91. The molecule has 122 valence electrons. The number of amides is 1. The highest BCUT2D eigenvalue weighted by Crippen LogP contribution is 2.12. The van der Waals surface area contributed by atoms with Crippen LogP contribution in [0.25, 0.3) is 11.0 Å². The minimum absolute atomic E-state index is 0.141. The smallest absolute Gasteiger partial charge is 0.327 e. The van der Waals surface area contributed by atoms with E-state index in [1.807, 2.05) is 0 Å². The second-order valence-corrected chi connectivity index (χ2v) is 4.63. The van der Waals surface area contributed by atoms with Crippen LogP contribution in [0.2, 0.25) is 0 Å². The zero-order valence-electron chi connectivity index (χ0n) is 12.7. The third-order valence-electron chi connectivity index (χ3n) is 3.04. The van der Waals surface area contributed by atoms with Crippen LogP contribution in [0.4, 0.5) is 0 Å². The predicted octanol–water partition coefficient (Wildman–Crippen LogP) is 1.94. The van der Waals surface area contributed by atoms with E-state index in [4.69, 9.17) is 13.6 Å². The lowest BCUT2D eigenvalue weighted by Gasteiger charge is -1.98. The maximum absolute atomic E-state index is 12.2. The van der Waals surface area contributed by atoms with Gasteiger partial charge in [0.2, 0.25) is 5.43 Å². The molecule has 8 heteroatoms. The van der Waals surface area contributed by atoms with Gasteiger partial charge >= 0.3 is 11.9 Å². The zero-order chi connectivity index (χ0) is 16.9. The lowest BCUT2D eigenvalue weighted by Crippen LogP contribution is -2.18. The van der Waals surface area contributed by atoms with Gasteiger partial charge in [-0.05, 0) is 19.1 Å². The Balaban J connectivity index is 1.73. The molecule has 2 heterocycles. The maximum Gasteiger partial charge on any atom is 0.327 e. The van der Waals surface area contributed by atoms with E-state index >= 15 is 0 Å². The van der Waals surface area contributed by atoms with E-state index in [-0.39, 0.29) is 22.8 Å². The molecule has 1 amide bonds. The topological polar surface area (TPSA) is 107 Å². The molecule has 8 nitrogen and oxygen atoms in total. The molecule has 0 saturated carbocycles. The Kier molecular flexibility index (Phi) is 4.37. The van der Waals surface area contributed by atoms with Gasteiger partial charge in [0, 0.05) is 0 Å². The number of aromatic nitrogens is 1. The van der Waals surface area contributed by atoms with Crippen molar-refractivity contribution in [3.63, 3.8) is 0 Å². The van der Waals surface area contributed by atoms with Crippen molar-refractivity contribution in [1.82, 2.24) is 10.4 Å². The molecule has 2 aromatic heterocycles. The molecular formula is C16H13N3O5. The van der Waals surface area contributed by atoms with Gasteiger partial charge in [0.25, 0.3) is 5.89 Å². The number of ether oxygens (including phenoxy) is 1. The molecule has 3 rings (SSSR count). The summed E-state index contributed by atoms with van der Waals surface area (Å²) in [6, 6.07) is 6.85. The maximum atomic E-state index is 12.2. The van der Waals surface area contributed by atoms with E-state index in [0.29, 0.717) is 17.6 Å². The molecule has 0 fully saturated rings. The van der Waals surface area contributed by atoms with Crippen LogP contribution in [-0.4, -0.2) is 23.7 Å². The Morgan fingerprint density at radius 2 is 2.25 bits per heavy atom. The molecule has 1 aromatic carbocycles. The van der Waals surface area contributed by atoms with Gasteiger partial charge in [-0.3, -0.25) is 9.59 Å². The summed E-state index contributed by atoms with van der Waals surface area (Å²) in [5, 5.41) is 4.15. The SMILES string of the molecule is CCOc1cnc(C(=O)N/N=C/c2coc3ccccc3c2=O)o1. The Morgan fingerprint density at radius 1 is 1.42 bits per heavy atom. The van der Waals surface area contributed by atoms with Crippen LogP contribution in [-0.2, 0) is 0 Å². The summed E-state index contributed by atoms with van der Waals surface area (Å²) in [6.07, 6.45) is 3.77. The molecule has 0 unspecified atom stereocenters. The van der Waals surface area contributed by atoms with Crippen LogP contribution >= 0.6 is 0 Å². The summed E-state index contributed by atoms with van der Waals surface area (Å²) in [5.41, 5.74) is 2.65. The highest BCUT2D eigenvalue weighted by atomic mass is 16.6. The third-order valence-corrected chi connectivity index (χ3v) is 3.04. The normalized spacial score (nSPS) is 11.0. The number of hydrogen-bond donors (Lipinski definition) is 1. The molecule has 0 radical (unpaired) electrons. The van der Waals surface area contributed by atoms with Crippen molar-refractivity contribution in [2.45, 2.75) is 6.92 Å². The molecule has 0 saturated heterocycles. The molecule has 3 aromatic rings. The quantitative estimate of drug-likeness (QED) is 0.567. The first kappa shape index (κ1) is 15.5. The summed E-state index contributed by atoms with van der Waals surface area (Å²) >= 11 is 0. The minimum atomic E-state index is -0.664. The van der Waals surface area contributed by atoms with Crippen molar-refractivity contribution >= 4 is 23.1 Å². The lowest BCUT2D eigenvalue weighted by molar-refractivity contribution is 0.0912. The van der Waals surface area contributed by atoms with Gasteiger partial charge in [0.05, 0.1) is 23.8 Å². The van der Waals surface area contributed by atoms with Crippen molar-refractivity contribution in [3.8, 4) is 5.95 Å². The molecule has 0 atom stereocenters. The number of fused-ring (bicyclic) bond motifs is 1. The largest absolute Gasteiger partial charge is 0.464 e. The molecule has 0 aliphatic carbocycles. The van der Waals surface area contributed by atoms with Gasteiger partial charge in [0.1, 0.15) is 18.0 Å². The number of nitrogens with zero attached hydrogens (tertiary/aromatic N) is 2. The minimum Gasteiger partial charge on any atom is -0.464 e. The Labute approximate surface area is 135 Å². The second-order valence-electron chi connectivity index (χ2n) is 4.63. The molecule has 0 spiro atoms. The predicted molar refractivity (Wildman–Crippen MR) is 85.2 cm³/mol. The van der Waals surface area contributed by atoms with E-state index in [2.05, 4.69) is 15.5 Å². The van der Waals surface area contributed by atoms with E-state index in [9.17, 15) is 9.59 Å². The molecule has 0 aliphatic heterocycles. The first-order chi connectivity index (χ1) is 11.7. The Morgan fingerprint density at radius 3 is 3.08 bits per heavy atom. The van der Waals surface area contributed by atoms with Crippen LogP contribution < -0.4 is 15.6 Å². The molecule has 24 heavy (non-hydrogen) atoms. The van der Waals surface area contributed by atoms with Gasteiger partial charge in [0.15, 0.2) is 0 Å². The summed E-state index contributed by atoms with van der Waals surface area (Å²) < 4.78 is 15.5. The summed E-state index contributed by atoms with van der Waals surface area (Å²) in [4.78, 5) is 27.8. The average Bonchev–Trinajstić information content (AvgIpc) is 3.06. The molecule has 0 bridgehead atoms. The summed E-state index contributed by atoms with van der Waals surface area (Å²) in [7, 11) is 0. The van der Waals surface area contributed by atoms with Crippen LogP contribution in [0.3, 0.4) is 0 Å². The van der Waals surface area contributed by atoms with E-state index in [1.54, 1.807) is 31.2 Å². The molecule has 0 aliphatic rings. The molecular weight excluding hydrogens is 314 g/mol. The Bertz CT molecular complexity index is 958. The fraction of sp³-hybridized carbons (Fsp3) is 0.125. The van der Waals surface area contributed by atoms with Gasteiger partial charge in [-0.25, -0.2) is 10.4 Å². The van der Waals surface area contributed by atoms with E-state index in [0.717, 1.165) is 0 Å². The van der Waals surface area contributed by atoms with Crippen LogP contribution in [0.15, 0.2) is 55.5 Å². The fourth-order valence-corrected chi connectivity index (χ4v) is 1.96. The molecule has 1 N–H and O–H groups in total.